The first-order chi connectivity index (χ1) is 14.5. The van der Waals surface area contributed by atoms with E-state index in [2.05, 4.69) is 18.8 Å². The van der Waals surface area contributed by atoms with E-state index in [0.717, 1.165) is 11.3 Å². The van der Waals surface area contributed by atoms with Crippen LogP contribution in [0.2, 0.25) is 0 Å². The highest BCUT2D eigenvalue weighted by Crippen LogP contribution is 2.17. The van der Waals surface area contributed by atoms with Gasteiger partial charge in [-0.15, -0.1) is 0 Å². The van der Waals surface area contributed by atoms with E-state index in [1.54, 1.807) is 41.4 Å². The van der Waals surface area contributed by atoms with Gasteiger partial charge in [0.15, 0.2) is 0 Å². The molecule has 2 aromatic rings. The Morgan fingerprint density at radius 1 is 1.20 bits per heavy atom. The maximum absolute atomic E-state index is 13.0. The lowest BCUT2D eigenvalue weighted by Crippen LogP contribution is -2.40. The summed E-state index contributed by atoms with van der Waals surface area (Å²) in [5.74, 6) is 0.851. The zero-order chi connectivity index (χ0) is 21.5. The van der Waals surface area contributed by atoms with Crippen molar-refractivity contribution >= 4 is 11.8 Å². The minimum absolute atomic E-state index is 0.0485. The Morgan fingerprint density at radius 2 is 1.97 bits per heavy atom. The second-order valence-electron chi connectivity index (χ2n) is 7.90. The molecule has 1 aromatic carbocycles. The maximum atomic E-state index is 13.0. The van der Waals surface area contributed by atoms with Gasteiger partial charge in [-0.25, -0.2) is 0 Å². The van der Waals surface area contributed by atoms with Crippen molar-refractivity contribution in [1.82, 2.24) is 14.8 Å². The van der Waals surface area contributed by atoms with E-state index in [1.165, 1.54) is 0 Å². The predicted molar refractivity (Wildman–Crippen MR) is 113 cm³/mol. The van der Waals surface area contributed by atoms with Crippen molar-refractivity contribution in [2.24, 2.45) is 5.92 Å². The van der Waals surface area contributed by atoms with E-state index in [-0.39, 0.29) is 24.5 Å². The molecule has 30 heavy (non-hydrogen) atoms. The number of hydrogen-bond acceptors (Lipinski definition) is 5. The average molecular weight is 412 g/mol. The first kappa shape index (κ1) is 21.8. The number of carbonyl (C=O) groups is 2. The van der Waals surface area contributed by atoms with Crippen LogP contribution in [0.1, 0.15) is 29.8 Å². The van der Waals surface area contributed by atoms with Gasteiger partial charge in [0.25, 0.3) is 5.91 Å². The van der Waals surface area contributed by atoms with E-state index in [0.29, 0.717) is 37.7 Å². The molecule has 0 bridgehead atoms. The second kappa shape index (κ2) is 10.2. The number of aromatic nitrogens is 1. The molecule has 0 radical (unpaired) electrons. The van der Waals surface area contributed by atoms with Gasteiger partial charge in [0.1, 0.15) is 12.3 Å². The van der Waals surface area contributed by atoms with Crippen molar-refractivity contribution < 1.29 is 19.1 Å². The predicted octanol–water partition coefficient (Wildman–Crippen LogP) is 2.62. The van der Waals surface area contributed by atoms with E-state index < -0.39 is 0 Å². The number of benzene rings is 1. The Balaban J connectivity index is 1.76. The van der Waals surface area contributed by atoms with E-state index >= 15 is 0 Å². The fourth-order valence-electron chi connectivity index (χ4n) is 3.51. The first-order valence-corrected chi connectivity index (χ1v) is 10.2. The smallest absolute Gasteiger partial charge is 0.254 e. The lowest BCUT2D eigenvalue weighted by molar-refractivity contribution is -0.132. The molecule has 1 aromatic heterocycles. The molecule has 0 spiro atoms. The molecule has 7 nitrogen and oxygen atoms in total. The van der Waals surface area contributed by atoms with Crippen LogP contribution in [0.3, 0.4) is 0 Å². The zero-order valence-electron chi connectivity index (χ0n) is 17.8. The number of methoxy groups -OCH3 is 1. The van der Waals surface area contributed by atoms with Crippen LogP contribution in [0.25, 0.3) is 0 Å². The molecule has 1 fully saturated rings. The Kier molecular flexibility index (Phi) is 7.41. The van der Waals surface area contributed by atoms with Crippen LogP contribution in [0, 0.1) is 5.92 Å². The summed E-state index contributed by atoms with van der Waals surface area (Å²) in [5.41, 5.74) is 1.49. The summed E-state index contributed by atoms with van der Waals surface area (Å²) in [4.78, 5) is 33.2. The molecule has 2 heterocycles. The standard InChI is InChI=1S/C23H29N3O4/c1-17(2)12-25-13-21(30-16-18-5-4-6-20(11-18)29-3)14-26(15-22(25)27)23(28)19-7-9-24-10-8-19/h4-11,17,21H,12-16H2,1-3H3. The number of amides is 2. The normalized spacial score (nSPS) is 17.2. The number of hydrogen-bond donors (Lipinski definition) is 0. The van der Waals surface area contributed by atoms with Gasteiger partial charge in [0, 0.05) is 37.6 Å². The molecule has 3 rings (SSSR count). The summed E-state index contributed by atoms with van der Waals surface area (Å²) in [7, 11) is 1.63. The van der Waals surface area contributed by atoms with Gasteiger partial charge < -0.3 is 19.3 Å². The molecule has 1 aliphatic heterocycles. The summed E-state index contributed by atoms with van der Waals surface area (Å²) in [6.45, 7) is 6.02. The third-order valence-corrected chi connectivity index (χ3v) is 4.95. The van der Waals surface area contributed by atoms with Crippen molar-refractivity contribution in [3.8, 4) is 5.75 Å². The molecule has 0 saturated carbocycles. The number of pyridine rings is 1. The third kappa shape index (κ3) is 5.79. The molecule has 1 saturated heterocycles. The number of nitrogens with zero attached hydrogens (tertiary/aromatic N) is 3. The van der Waals surface area contributed by atoms with Crippen LogP contribution in [0.5, 0.6) is 5.75 Å². The van der Waals surface area contributed by atoms with Gasteiger partial charge in [0.2, 0.25) is 5.91 Å². The van der Waals surface area contributed by atoms with Gasteiger partial charge in [-0.05, 0) is 35.7 Å². The quantitative estimate of drug-likeness (QED) is 0.700. The summed E-state index contributed by atoms with van der Waals surface area (Å²) in [6, 6.07) is 11.0. The second-order valence-corrected chi connectivity index (χ2v) is 7.90. The van der Waals surface area contributed by atoms with Gasteiger partial charge >= 0.3 is 0 Å². The minimum Gasteiger partial charge on any atom is -0.497 e. The monoisotopic (exact) mass is 411 g/mol. The van der Waals surface area contributed by atoms with Gasteiger partial charge in [0.05, 0.1) is 19.8 Å². The van der Waals surface area contributed by atoms with Crippen molar-refractivity contribution in [3.05, 3.63) is 59.9 Å². The Hall–Kier alpha value is -2.93. The minimum atomic E-state index is -0.285. The summed E-state index contributed by atoms with van der Waals surface area (Å²) in [5, 5.41) is 0. The van der Waals surface area contributed by atoms with E-state index in [9.17, 15) is 9.59 Å². The van der Waals surface area contributed by atoms with Crippen LogP contribution >= 0.6 is 0 Å². The average Bonchev–Trinajstić information content (AvgIpc) is 2.91. The fraction of sp³-hybridized carbons (Fsp3) is 0.435. The number of ether oxygens (including phenoxy) is 2. The number of carbonyl (C=O) groups excluding carboxylic acids is 2. The molecule has 1 aliphatic rings. The molecule has 7 heteroatoms. The Bertz CT molecular complexity index is 857. The van der Waals surface area contributed by atoms with Gasteiger partial charge in [-0.2, -0.15) is 0 Å². The number of rotatable bonds is 7. The first-order valence-electron chi connectivity index (χ1n) is 10.2. The molecule has 0 N–H and O–H groups in total. The van der Waals surface area contributed by atoms with Crippen LogP contribution in [0.15, 0.2) is 48.8 Å². The maximum Gasteiger partial charge on any atom is 0.254 e. The molecule has 1 atom stereocenters. The van der Waals surface area contributed by atoms with E-state index in [1.807, 2.05) is 24.3 Å². The molecule has 160 valence electrons. The van der Waals surface area contributed by atoms with Crippen LogP contribution in [0.4, 0.5) is 0 Å². The fourth-order valence-corrected chi connectivity index (χ4v) is 3.51. The van der Waals surface area contributed by atoms with Gasteiger partial charge in [-0.3, -0.25) is 14.6 Å². The summed E-state index contributed by atoms with van der Waals surface area (Å²) >= 11 is 0. The lowest BCUT2D eigenvalue weighted by atomic mass is 10.2. The Labute approximate surface area is 177 Å². The van der Waals surface area contributed by atoms with Crippen molar-refractivity contribution in [1.29, 1.82) is 0 Å². The van der Waals surface area contributed by atoms with Crippen molar-refractivity contribution in [2.75, 3.05) is 33.3 Å². The zero-order valence-corrected chi connectivity index (χ0v) is 17.8. The summed E-state index contributed by atoms with van der Waals surface area (Å²) in [6.07, 6.45) is 2.87. The summed E-state index contributed by atoms with van der Waals surface area (Å²) < 4.78 is 11.4. The van der Waals surface area contributed by atoms with Crippen LogP contribution < -0.4 is 4.74 Å². The molecule has 0 aliphatic carbocycles. The molecular formula is C23H29N3O4. The largest absolute Gasteiger partial charge is 0.497 e. The highest BCUT2D eigenvalue weighted by atomic mass is 16.5. The van der Waals surface area contributed by atoms with Crippen LogP contribution in [-0.4, -0.2) is 66.0 Å². The highest BCUT2D eigenvalue weighted by molar-refractivity contribution is 5.96. The molecular weight excluding hydrogens is 382 g/mol. The van der Waals surface area contributed by atoms with E-state index in [4.69, 9.17) is 9.47 Å². The molecule has 1 unspecified atom stereocenters. The molecule has 2 amide bonds. The highest BCUT2D eigenvalue weighted by Gasteiger charge is 2.31. The van der Waals surface area contributed by atoms with Crippen molar-refractivity contribution in [3.63, 3.8) is 0 Å². The topological polar surface area (TPSA) is 72.0 Å². The Morgan fingerprint density at radius 3 is 2.67 bits per heavy atom. The van der Waals surface area contributed by atoms with Crippen LogP contribution in [-0.2, 0) is 16.1 Å². The third-order valence-electron chi connectivity index (χ3n) is 4.95. The van der Waals surface area contributed by atoms with Crippen molar-refractivity contribution in [2.45, 2.75) is 26.6 Å². The SMILES string of the molecule is COc1cccc(COC2CN(CC(C)C)C(=O)CN(C(=O)c3ccncc3)C2)c1. The van der Waals surface area contributed by atoms with Gasteiger partial charge in [-0.1, -0.05) is 26.0 Å². The lowest BCUT2D eigenvalue weighted by Gasteiger charge is -2.26.